The van der Waals surface area contributed by atoms with Gasteiger partial charge in [0.05, 0.1) is 17.6 Å². The number of hydrogen-bond donors (Lipinski definition) is 0. The zero-order valence-electron chi connectivity index (χ0n) is 24.3. The first-order chi connectivity index (χ1) is 22.3. The quantitative estimate of drug-likeness (QED) is 0.153. The Morgan fingerprint density at radius 2 is 1.07 bits per heavy atom. The molecule has 0 aliphatic rings. The number of pyridine rings is 1. The molecule has 208 valence electrons. The molecule has 0 atom stereocenters. The van der Waals surface area contributed by atoms with Gasteiger partial charge in [0.25, 0.3) is 0 Å². The highest BCUT2D eigenvalue weighted by Crippen LogP contribution is 2.43. The van der Waals surface area contributed by atoms with Crippen molar-refractivity contribution in [2.75, 3.05) is 0 Å². The number of rotatable bonds is 3. The highest BCUT2D eigenvalue weighted by atomic mass is 15.0. The molecule has 9 rings (SSSR count). The Bertz CT molecular complexity index is 2640. The number of nitrogens with zero attached hydrogens (tertiary/aromatic N) is 3. The standard InChI is InChI=1S/C42H25N3/c1-43-29-18-20-42-40(23-29)39-22-27(17-19-41(39)45(42)30-11-3-2-4-12-30)35-24-37-34-16-8-6-14-32(34)36(28-10-9-21-44-26-28)25-38(37)33-15-7-5-13-31(33)35/h2-26H. The second kappa shape index (κ2) is 9.91. The first kappa shape index (κ1) is 25.3. The average molecular weight is 572 g/mol. The third-order valence-electron chi connectivity index (χ3n) is 9.06. The number of benzene rings is 7. The first-order valence-corrected chi connectivity index (χ1v) is 15.1. The monoisotopic (exact) mass is 571 g/mol. The fourth-order valence-electron chi connectivity index (χ4n) is 7.05. The van der Waals surface area contributed by atoms with E-state index in [2.05, 4.69) is 130 Å². The van der Waals surface area contributed by atoms with Crippen molar-refractivity contribution in [1.82, 2.24) is 9.55 Å². The molecule has 0 N–H and O–H groups in total. The van der Waals surface area contributed by atoms with E-state index in [1.807, 2.05) is 36.7 Å². The lowest BCUT2D eigenvalue weighted by Gasteiger charge is -2.16. The number of para-hydroxylation sites is 1. The van der Waals surface area contributed by atoms with E-state index in [1.165, 1.54) is 43.4 Å². The van der Waals surface area contributed by atoms with Crippen LogP contribution in [0.25, 0.3) is 86.9 Å². The van der Waals surface area contributed by atoms with E-state index in [0.717, 1.165) is 38.6 Å². The van der Waals surface area contributed by atoms with Crippen LogP contribution in [-0.2, 0) is 0 Å². The molecule has 3 nitrogen and oxygen atoms in total. The Balaban J connectivity index is 1.37. The third kappa shape index (κ3) is 3.87. The molecule has 0 aliphatic heterocycles. The predicted octanol–water partition coefficient (Wildman–Crippen LogP) is 11.5. The third-order valence-corrected chi connectivity index (χ3v) is 9.06. The largest absolute Gasteiger partial charge is 0.309 e. The highest BCUT2D eigenvalue weighted by molar-refractivity contribution is 6.24. The van der Waals surface area contributed by atoms with Gasteiger partial charge in [-0.25, -0.2) is 4.85 Å². The summed E-state index contributed by atoms with van der Waals surface area (Å²) in [4.78, 5) is 8.18. The van der Waals surface area contributed by atoms with E-state index in [9.17, 15) is 0 Å². The maximum absolute atomic E-state index is 7.69. The van der Waals surface area contributed by atoms with Crippen molar-refractivity contribution in [3.05, 3.63) is 163 Å². The molecule has 3 heteroatoms. The van der Waals surface area contributed by atoms with Crippen LogP contribution in [0.15, 0.2) is 152 Å². The van der Waals surface area contributed by atoms with Crippen LogP contribution in [0.1, 0.15) is 0 Å². The second-order valence-electron chi connectivity index (χ2n) is 11.5. The van der Waals surface area contributed by atoms with Gasteiger partial charge >= 0.3 is 0 Å². The van der Waals surface area contributed by atoms with Gasteiger partial charge in [-0.2, -0.15) is 0 Å². The van der Waals surface area contributed by atoms with Crippen LogP contribution < -0.4 is 0 Å². The van der Waals surface area contributed by atoms with Gasteiger partial charge in [-0.15, -0.1) is 0 Å². The van der Waals surface area contributed by atoms with Crippen LogP contribution in [0, 0.1) is 6.57 Å². The van der Waals surface area contributed by atoms with Crippen LogP contribution in [0.5, 0.6) is 0 Å². The van der Waals surface area contributed by atoms with E-state index >= 15 is 0 Å². The smallest absolute Gasteiger partial charge is 0.188 e. The number of aromatic nitrogens is 2. The van der Waals surface area contributed by atoms with Crippen molar-refractivity contribution in [3.8, 4) is 27.9 Å². The highest BCUT2D eigenvalue weighted by Gasteiger charge is 2.17. The number of fused-ring (bicyclic) bond motifs is 8. The summed E-state index contributed by atoms with van der Waals surface area (Å²) in [6, 6.07) is 49.5. The van der Waals surface area contributed by atoms with E-state index < -0.39 is 0 Å². The van der Waals surface area contributed by atoms with Gasteiger partial charge in [-0.3, -0.25) is 4.98 Å². The lowest BCUT2D eigenvalue weighted by Crippen LogP contribution is -1.93. The van der Waals surface area contributed by atoms with Gasteiger partial charge in [0, 0.05) is 29.0 Å². The van der Waals surface area contributed by atoms with E-state index in [0.29, 0.717) is 5.69 Å². The van der Waals surface area contributed by atoms with Crippen LogP contribution in [0.3, 0.4) is 0 Å². The van der Waals surface area contributed by atoms with E-state index in [-0.39, 0.29) is 0 Å². The molecular formula is C42H25N3. The Morgan fingerprint density at radius 3 is 1.71 bits per heavy atom. The maximum atomic E-state index is 7.69. The molecule has 0 saturated heterocycles. The summed E-state index contributed by atoms with van der Waals surface area (Å²) in [6.07, 6.45) is 3.77. The fraction of sp³-hybridized carbons (Fsp3) is 0. The lowest BCUT2D eigenvalue weighted by atomic mass is 9.88. The molecule has 7 aromatic carbocycles. The molecule has 0 fully saturated rings. The molecule has 2 aromatic heterocycles. The Kier molecular flexibility index (Phi) is 5.57. The molecule has 0 spiro atoms. The SMILES string of the molecule is [C-]#[N+]c1ccc2c(c1)c1cc(-c3cc4c5ccccc5c(-c5cccnc5)cc4c4ccccc34)ccc1n2-c1ccccc1. The molecule has 0 bridgehead atoms. The first-order valence-electron chi connectivity index (χ1n) is 15.1. The predicted molar refractivity (Wildman–Crippen MR) is 188 cm³/mol. The molecule has 0 saturated carbocycles. The molecule has 9 aromatic rings. The summed E-state index contributed by atoms with van der Waals surface area (Å²) in [6.45, 7) is 7.69. The fourth-order valence-corrected chi connectivity index (χ4v) is 7.05. The summed E-state index contributed by atoms with van der Waals surface area (Å²) < 4.78 is 2.30. The van der Waals surface area contributed by atoms with Crippen molar-refractivity contribution in [3.63, 3.8) is 0 Å². The minimum Gasteiger partial charge on any atom is -0.309 e. The maximum Gasteiger partial charge on any atom is 0.188 e. The molecule has 45 heavy (non-hydrogen) atoms. The minimum absolute atomic E-state index is 0.645. The van der Waals surface area contributed by atoms with Gasteiger partial charge in [0.2, 0.25) is 0 Å². The topological polar surface area (TPSA) is 22.2 Å². The van der Waals surface area contributed by atoms with Crippen molar-refractivity contribution < 1.29 is 0 Å². The van der Waals surface area contributed by atoms with Gasteiger partial charge in [0.15, 0.2) is 5.69 Å². The zero-order valence-corrected chi connectivity index (χ0v) is 24.3. The summed E-state index contributed by atoms with van der Waals surface area (Å²) in [7, 11) is 0. The van der Waals surface area contributed by atoms with Crippen LogP contribution in [-0.4, -0.2) is 9.55 Å². The van der Waals surface area contributed by atoms with Crippen LogP contribution >= 0.6 is 0 Å². The number of hydrogen-bond acceptors (Lipinski definition) is 1. The molecule has 0 aliphatic carbocycles. The summed E-state index contributed by atoms with van der Waals surface area (Å²) in [5.74, 6) is 0. The molecule has 0 radical (unpaired) electrons. The Labute approximate surface area is 260 Å². The molecular weight excluding hydrogens is 546 g/mol. The summed E-state index contributed by atoms with van der Waals surface area (Å²) in [5.41, 5.74) is 8.62. The van der Waals surface area contributed by atoms with Crippen molar-refractivity contribution in [2.24, 2.45) is 0 Å². The molecule has 0 unspecified atom stereocenters. The van der Waals surface area contributed by atoms with Gasteiger partial charge in [0.1, 0.15) is 0 Å². The van der Waals surface area contributed by atoms with Crippen molar-refractivity contribution >= 4 is 59.8 Å². The van der Waals surface area contributed by atoms with E-state index in [1.54, 1.807) is 0 Å². The van der Waals surface area contributed by atoms with Crippen LogP contribution in [0.4, 0.5) is 5.69 Å². The van der Waals surface area contributed by atoms with Gasteiger partial charge in [-0.05, 0) is 109 Å². The van der Waals surface area contributed by atoms with E-state index in [4.69, 9.17) is 6.57 Å². The second-order valence-corrected chi connectivity index (χ2v) is 11.5. The zero-order chi connectivity index (χ0) is 29.9. The molecule has 2 heterocycles. The Hall–Kier alpha value is -6.24. The summed E-state index contributed by atoms with van der Waals surface area (Å²) in [5, 5.41) is 9.56. The van der Waals surface area contributed by atoms with Crippen molar-refractivity contribution in [2.45, 2.75) is 0 Å². The van der Waals surface area contributed by atoms with Gasteiger partial charge < -0.3 is 4.57 Å². The van der Waals surface area contributed by atoms with Gasteiger partial charge in [-0.1, -0.05) is 84.9 Å². The normalized spacial score (nSPS) is 11.5. The average Bonchev–Trinajstić information content (AvgIpc) is 3.44. The van der Waals surface area contributed by atoms with Crippen molar-refractivity contribution in [1.29, 1.82) is 0 Å². The van der Waals surface area contributed by atoms with Crippen LogP contribution in [0.2, 0.25) is 0 Å². The minimum atomic E-state index is 0.645. The lowest BCUT2D eigenvalue weighted by molar-refractivity contribution is 1.18. The Morgan fingerprint density at radius 1 is 0.467 bits per heavy atom. The summed E-state index contributed by atoms with van der Waals surface area (Å²) >= 11 is 0. The molecule has 0 amide bonds.